The summed E-state index contributed by atoms with van der Waals surface area (Å²) in [7, 11) is -1.34. The summed E-state index contributed by atoms with van der Waals surface area (Å²) >= 11 is 0. The van der Waals surface area contributed by atoms with Crippen LogP contribution in [0, 0.1) is 11.3 Å². The highest BCUT2D eigenvalue weighted by molar-refractivity contribution is 7.85. The highest BCUT2D eigenvalue weighted by Gasteiger charge is 2.30. The van der Waals surface area contributed by atoms with Crippen LogP contribution >= 0.6 is 0 Å². The lowest BCUT2D eigenvalue weighted by Crippen LogP contribution is -2.43. The van der Waals surface area contributed by atoms with Gasteiger partial charge in [0.2, 0.25) is 0 Å². The maximum Gasteiger partial charge on any atom is 0.410 e. The summed E-state index contributed by atoms with van der Waals surface area (Å²) in [5, 5.41) is 9.33. The number of aromatic nitrogens is 1. The van der Waals surface area contributed by atoms with Crippen LogP contribution in [0.3, 0.4) is 0 Å². The van der Waals surface area contributed by atoms with Gasteiger partial charge >= 0.3 is 6.09 Å². The number of hydrogen-bond donors (Lipinski definition) is 0. The zero-order chi connectivity index (χ0) is 17.0. The number of hydrogen-bond acceptors (Lipinski definition) is 5. The molecule has 0 saturated carbocycles. The van der Waals surface area contributed by atoms with Gasteiger partial charge in [0.25, 0.3) is 0 Å². The predicted molar refractivity (Wildman–Crippen MR) is 86.2 cm³/mol. The second-order valence-corrected chi connectivity index (χ2v) is 8.08. The van der Waals surface area contributed by atoms with E-state index < -0.39 is 16.4 Å². The van der Waals surface area contributed by atoms with Crippen LogP contribution in [-0.4, -0.2) is 44.1 Å². The quantitative estimate of drug-likeness (QED) is 0.829. The van der Waals surface area contributed by atoms with E-state index in [1.807, 2.05) is 26.8 Å². The number of amides is 1. The first-order valence-corrected chi connectivity index (χ1v) is 8.77. The summed E-state index contributed by atoms with van der Waals surface area (Å²) in [6.07, 6.45) is 2.42. The smallest absolute Gasteiger partial charge is 0.410 e. The maximum absolute atomic E-state index is 12.6. The summed E-state index contributed by atoms with van der Waals surface area (Å²) in [4.78, 5) is 17.8. The molecule has 1 aliphatic rings. The van der Waals surface area contributed by atoms with Gasteiger partial charge in [0.15, 0.2) is 0 Å². The van der Waals surface area contributed by atoms with Gasteiger partial charge in [0.1, 0.15) is 16.7 Å². The van der Waals surface area contributed by atoms with E-state index in [0.29, 0.717) is 36.5 Å². The molecule has 6 nitrogen and oxygen atoms in total. The van der Waals surface area contributed by atoms with Crippen molar-refractivity contribution in [2.45, 2.75) is 49.5 Å². The predicted octanol–water partition coefficient (Wildman–Crippen LogP) is 2.46. The minimum Gasteiger partial charge on any atom is -0.444 e. The monoisotopic (exact) mass is 335 g/mol. The lowest BCUT2D eigenvalue weighted by atomic mass is 10.1. The zero-order valence-corrected chi connectivity index (χ0v) is 14.4. The fourth-order valence-corrected chi connectivity index (χ4v) is 3.82. The Balaban J connectivity index is 1.98. The topological polar surface area (TPSA) is 83.3 Å². The van der Waals surface area contributed by atoms with Crippen molar-refractivity contribution < 1.29 is 13.7 Å². The number of piperidine rings is 1. The molecule has 0 N–H and O–H groups in total. The average Bonchev–Trinajstić information content (AvgIpc) is 2.52. The number of rotatable bonds is 2. The van der Waals surface area contributed by atoms with Gasteiger partial charge in [-0.05, 0) is 45.7 Å². The first-order chi connectivity index (χ1) is 10.8. The van der Waals surface area contributed by atoms with E-state index in [1.54, 1.807) is 23.2 Å². The van der Waals surface area contributed by atoms with Crippen molar-refractivity contribution in [1.82, 2.24) is 9.88 Å². The number of ether oxygens (including phenoxy) is 1. The number of nitrogens with zero attached hydrogens (tertiary/aromatic N) is 3. The van der Waals surface area contributed by atoms with Gasteiger partial charge in [-0.15, -0.1) is 0 Å². The SMILES string of the molecule is CC(C)(C)OC(=O)N1CCC([S@](=O)c2ncccc2C#N)CC1. The molecular weight excluding hydrogens is 314 g/mol. The number of carbonyl (C=O) groups excluding carboxylic acids is 1. The second-order valence-electron chi connectivity index (χ2n) is 6.43. The van der Waals surface area contributed by atoms with E-state index in [4.69, 9.17) is 10.00 Å². The van der Waals surface area contributed by atoms with Gasteiger partial charge in [-0.25, -0.2) is 9.78 Å². The summed E-state index contributed by atoms with van der Waals surface area (Å²) in [6, 6.07) is 5.31. The number of carbonyl (C=O) groups is 1. The van der Waals surface area contributed by atoms with Gasteiger partial charge in [-0.3, -0.25) is 4.21 Å². The molecule has 1 saturated heterocycles. The van der Waals surface area contributed by atoms with Crippen molar-refractivity contribution in [2.75, 3.05) is 13.1 Å². The van der Waals surface area contributed by atoms with Gasteiger partial charge in [-0.2, -0.15) is 5.26 Å². The Kier molecular flexibility index (Phi) is 5.37. The van der Waals surface area contributed by atoms with Crippen molar-refractivity contribution in [3.8, 4) is 6.07 Å². The van der Waals surface area contributed by atoms with Crippen LogP contribution in [0.2, 0.25) is 0 Å². The number of nitriles is 1. The first kappa shape index (κ1) is 17.4. The van der Waals surface area contributed by atoms with Crippen molar-refractivity contribution in [3.63, 3.8) is 0 Å². The Labute approximate surface area is 138 Å². The van der Waals surface area contributed by atoms with Crippen molar-refractivity contribution in [2.24, 2.45) is 0 Å². The van der Waals surface area contributed by atoms with Gasteiger partial charge < -0.3 is 9.64 Å². The Bertz CT molecular complexity index is 641. The maximum atomic E-state index is 12.6. The molecule has 0 bridgehead atoms. The molecule has 1 aromatic rings. The number of pyridine rings is 1. The summed E-state index contributed by atoms with van der Waals surface area (Å²) in [6.45, 7) is 6.49. The summed E-state index contributed by atoms with van der Waals surface area (Å²) < 4.78 is 18.0. The molecule has 0 aliphatic carbocycles. The molecule has 23 heavy (non-hydrogen) atoms. The first-order valence-electron chi connectivity index (χ1n) is 7.55. The van der Waals surface area contributed by atoms with E-state index in [-0.39, 0.29) is 11.3 Å². The fourth-order valence-electron chi connectivity index (χ4n) is 2.37. The lowest BCUT2D eigenvalue weighted by molar-refractivity contribution is 0.0218. The highest BCUT2D eigenvalue weighted by Crippen LogP contribution is 2.23. The molecule has 0 radical (unpaired) electrons. The molecule has 0 aromatic carbocycles. The van der Waals surface area contributed by atoms with Crippen LogP contribution in [0.25, 0.3) is 0 Å². The third-order valence-corrected chi connectivity index (χ3v) is 5.26. The van der Waals surface area contributed by atoms with Gasteiger partial charge in [0.05, 0.1) is 16.4 Å². The van der Waals surface area contributed by atoms with E-state index in [1.165, 1.54) is 0 Å². The molecule has 1 aliphatic heterocycles. The highest BCUT2D eigenvalue weighted by atomic mass is 32.2. The Morgan fingerprint density at radius 1 is 1.43 bits per heavy atom. The fraction of sp³-hybridized carbons (Fsp3) is 0.562. The number of likely N-dealkylation sites (tertiary alicyclic amines) is 1. The lowest BCUT2D eigenvalue weighted by Gasteiger charge is -2.33. The summed E-state index contributed by atoms with van der Waals surface area (Å²) in [5.74, 6) is 0. The molecule has 0 spiro atoms. The molecule has 2 heterocycles. The standard InChI is InChI=1S/C16H21N3O3S/c1-16(2,3)22-15(20)19-9-6-13(7-10-19)23(21)14-12(11-17)5-4-8-18-14/h4-5,8,13H,6-7,9-10H2,1-3H3/t23-/m0/s1. The third-order valence-electron chi connectivity index (χ3n) is 3.48. The zero-order valence-electron chi connectivity index (χ0n) is 13.6. The van der Waals surface area contributed by atoms with E-state index in [0.717, 1.165) is 0 Å². The largest absolute Gasteiger partial charge is 0.444 e. The molecule has 1 amide bonds. The molecule has 124 valence electrons. The van der Waals surface area contributed by atoms with Crippen LogP contribution in [0.4, 0.5) is 4.79 Å². The van der Waals surface area contributed by atoms with Crippen LogP contribution in [-0.2, 0) is 15.5 Å². The minimum absolute atomic E-state index is 0.101. The van der Waals surface area contributed by atoms with Crippen molar-refractivity contribution in [1.29, 1.82) is 5.26 Å². The molecule has 1 aromatic heterocycles. The van der Waals surface area contributed by atoms with Crippen LogP contribution in [0.5, 0.6) is 0 Å². The summed E-state index contributed by atoms with van der Waals surface area (Å²) in [5.41, 5.74) is -0.174. The normalized spacial score (nSPS) is 17.4. The van der Waals surface area contributed by atoms with E-state index >= 15 is 0 Å². The van der Waals surface area contributed by atoms with E-state index in [2.05, 4.69) is 4.98 Å². The Morgan fingerprint density at radius 2 is 2.09 bits per heavy atom. The molecule has 7 heteroatoms. The second kappa shape index (κ2) is 7.09. The molecule has 2 rings (SSSR count). The third kappa shape index (κ3) is 4.52. The van der Waals surface area contributed by atoms with Crippen molar-refractivity contribution in [3.05, 3.63) is 23.9 Å². The van der Waals surface area contributed by atoms with Gasteiger partial charge in [-0.1, -0.05) is 0 Å². The van der Waals surface area contributed by atoms with Crippen LogP contribution < -0.4 is 0 Å². The van der Waals surface area contributed by atoms with E-state index in [9.17, 15) is 9.00 Å². The Hall–Kier alpha value is -1.94. The van der Waals surface area contributed by atoms with Gasteiger partial charge in [0, 0.05) is 24.5 Å². The molecule has 1 fully saturated rings. The molecule has 0 unspecified atom stereocenters. The minimum atomic E-state index is -1.34. The molecule has 1 atom stereocenters. The van der Waals surface area contributed by atoms with Crippen LogP contribution in [0.1, 0.15) is 39.2 Å². The average molecular weight is 335 g/mol. The molecular formula is C16H21N3O3S. The van der Waals surface area contributed by atoms with Crippen LogP contribution in [0.15, 0.2) is 23.4 Å². The Morgan fingerprint density at radius 3 is 2.65 bits per heavy atom. The van der Waals surface area contributed by atoms with Crippen molar-refractivity contribution >= 4 is 16.9 Å².